The van der Waals surface area contributed by atoms with E-state index in [0.717, 1.165) is 29.4 Å². The first-order chi connectivity index (χ1) is 8.29. The van der Waals surface area contributed by atoms with Crippen molar-refractivity contribution in [2.45, 2.75) is 26.2 Å². The van der Waals surface area contributed by atoms with Crippen LogP contribution in [0.3, 0.4) is 0 Å². The Morgan fingerprint density at radius 3 is 2.88 bits per heavy atom. The third-order valence-corrected chi connectivity index (χ3v) is 3.11. The first kappa shape index (κ1) is 12.3. The number of hydrogen-bond acceptors (Lipinski definition) is 1. The van der Waals surface area contributed by atoms with Gasteiger partial charge in [0.15, 0.2) is 0 Å². The molecule has 0 unspecified atom stereocenters. The molecule has 90 valence electrons. The van der Waals surface area contributed by atoms with E-state index in [0.29, 0.717) is 5.88 Å². The Morgan fingerprint density at radius 2 is 2.24 bits per heavy atom. The summed E-state index contributed by atoms with van der Waals surface area (Å²) in [5.74, 6) is 8.14. The fraction of sp³-hybridized carbons (Fsp3) is 0.467. The predicted molar refractivity (Wildman–Crippen MR) is 71.6 cm³/mol. The minimum absolute atomic E-state index is 0.374. The Labute approximate surface area is 108 Å². The molecular formula is C15H17ClO. The van der Waals surface area contributed by atoms with Crippen LogP contribution in [0.5, 0.6) is 5.75 Å². The molecule has 0 aromatic heterocycles. The molecular weight excluding hydrogens is 232 g/mol. The third kappa shape index (κ3) is 3.98. The minimum atomic E-state index is 0.374. The van der Waals surface area contributed by atoms with Gasteiger partial charge in [-0.1, -0.05) is 24.7 Å². The Morgan fingerprint density at radius 1 is 1.41 bits per heavy atom. The minimum Gasteiger partial charge on any atom is -0.494 e. The summed E-state index contributed by atoms with van der Waals surface area (Å²) < 4.78 is 5.72. The van der Waals surface area contributed by atoms with Crippen LogP contribution in [0.2, 0.25) is 0 Å². The lowest BCUT2D eigenvalue weighted by atomic mass is 10.1. The molecule has 2 heteroatoms. The molecule has 2 rings (SSSR count). The molecule has 1 aromatic carbocycles. The van der Waals surface area contributed by atoms with Crippen LogP contribution < -0.4 is 4.74 Å². The molecule has 0 saturated heterocycles. The number of alkyl halides is 1. The fourth-order valence-electron chi connectivity index (χ4n) is 1.74. The zero-order chi connectivity index (χ0) is 12.1. The van der Waals surface area contributed by atoms with E-state index in [2.05, 4.69) is 11.8 Å². The summed E-state index contributed by atoms with van der Waals surface area (Å²) in [5, 5.41) is 0. The maximum Gasteiger partial charge on any atom is 0.119 e. The highest BCUT2D eigenvalue weighted by atomic mass is 35.5. The van der Waals surface area contributed by atoms with E-state index in [4.69, 9.17) is 16.3 Å². The van der Waals surface area contributed by atoms with Gasteiger partial charge in [-0.15, -0.1) is 11.6 Å². The SMILES string of the molecule is Cc1cc(OCCC2CC2)ccc1C#CCCl. The summed E-state index contributed by atoms with van der Waals surface area (Å²) in [5.41, 5.74) is 2.17. The van der Waals surface area contributed by atoms with Crippen molar-refractivity contribution in [2.24, 2.45) is 5.92 Å². The number of ether oxygens (including phenoxy) is 1. The van der Waals surface area contributed by atoms with Gasteiger partial charge >= 0.3 is 0 Å². The number of halogens is 1. The van der Waals surface area contributed by atoms with E-state index in [1.807, 2.05) is 25.1 Å². The van der Waals surface area contributed by atoms with Crippen LogP contribution in [-0.4, -0.2) is 12.5 Å². The first-order valence-electron chi connectivity index (χ1n) is 6.08. The summed E-state index contributed by atoms with van der Waals surface area (Å²) in [4.78, 5) is 0. The van der Waals surface area contributed by atoms with Gasteiger partial charge in [0.1, 0.15) is 5.75 Å². The van der Waals surface area contributed by atoms with Crippen LogP contribution in [-0.2, 0) is 0 Å². The number of hydrogen-bond donors (Lipinski definition) is 0. The number of rotatable bonds is 4. The van der Waals surface area contributed by atoms with Gasteiger partial charge in [0.25, 0.3) is 0 Å². The number of benzene rings is 1. The smallest absolute Gasteiger partial charge is 0.119 e. The molecule has 0 bridgehead atoms. The first-order valence-corrected chi connectivity index (χ1v) is 6.61. The van der Waals surface area contributed by atoms with E-state index in [1.165, 1.54) is 19.3 Å². The molecule has 1 saturated carbocycles. The number of aryl methyl sites for hydroxylation is 1. The van der Waals surface area contributed by atoms with Gasteiger partial charge in [-0.25, -0.2) is 0 Å². The summed E-state index contributed by atoms with van der Waals surface area (Å²) in [6.45, 7) is 2.88. The summed E-state index contributed by atoms with van der Waals surface area (Å²) in [6, 6.07) is 6.03. The van der Waals surface area contributed by atoms with Gasteiger partial charge in [0.05, 0.1) is 12.5 Å². The molecule has 1 aliphatic carbocycles. The van der Waals surface area contributed by atoms with Crippen molar-refractivity contribution in [3.05, 3.63) is 29.3 Å². The third-order valence-electron chi connectivity index (χ3n) is 2.98. The maximum absolute atomic E-state index is 5.72. The lowest BCUT2D eigenvalue weighted by Gasteiger charge is -2.07. The Balaban J connectivity index is 1.92. The van der Waals surface area contributed by atoms with Gasteiger partial charge < -0.3 is 4.74 Å². The zero-order valence-corrected chi connectivity index (χ0v) is 10.9. The highest BCUT2D eigenvalue weighted by Crippen LogP contribution is 2.32. The van der Waals surface area contributed by atoms with Crippen molar-refractivity contribution in [3.8, 4) is 17.6 Å². The molecule has 17 heavy (non-hydrogen) atoms. The van der Waals surface area contributed by atoms with Crippen LogP contribution in [0.4, 0.5) is 0 Å². The molecule has 0 aliphatic heterocycles. The molecule has 1 nitrogen and oxygen atoms in total. The van der Waals surface area contributed by atoms with E-state index in [9.17, 15) is 0 Å². The Kier molecular flexibility index (Phi) is 4.34. The van der Waals surface area contributed by atoms with E-state index in [-0.39, 0.29) is 0 Å². The van der Waals surface area contributed by atoms with Crippen molar-refractivity contribution in [1.82, 2.24) is 0 Å². The topological polar surface area (TPSA) is 9.23 Å². The molecule has 1 fully saturated rings. The van der Waals surface area contributed by atoms with E-state index >= 15 is 0 Å². The Bertz CT molecular complexity index is 438. The van der Waals surface area contributed by atoms with Crippen molar-refractivity contribution >= 4 is 11.6 Å². The molecule has 0 atom stereocenters. The van der Waals surface area contributed by atoms with E-state index in [1.54, 1.807) is 0 Å². The second kappa shape index (κ2) is 5.98. The molecule has 0 amide bonds. The highest BCUT2D eigenvalue weighted by molar-refractivity contribution is 6.19. The van der Waals surface area contributed by atoms with Crippen molar-refractivity contribution in [3.63, 3.8) is 0 Å². The summed E-state index contributed by atoms with van der Waals surface area (Å²) in [7, 11) is 0. The summed E-state index contributed by atoms with van der Waals surface area (Å²) in [6.07, 6.45) is 3.96. The van der Waals surface area contributed by atoms with Crippen LogP contribution in [0.1, 0.15) is 30.4 Å². The largest absolute Gasteiger partial charge is 0.494 e. The second-order valence-electron chi connectivity index (χ2n) is 4.49. The average Bonchev–Trinajstić information content (AvgIpc) is 3.12. The lowest BCUT2D eigenvalue weighted by Crippen LogP contribution is -1.98. The lowest BCUT2D eigenvalue weighted by molar-refractivity contribution is 0.302. The van der Waals surface area contributed by atoms with Crippen LogP contribution in [0.25, 0.3) is 0 Å². The van der Waals surface area contributed by atoms with Gasteiger partial charge in [0, 0.05) is 5.56 Å². The molecule has 0 N–H and O–H groups in total. The van der Waals surface area contributed by atoms with Gasteiger partial charge in [-0.05, 0) is 43.0 Å². The maximum atomic E-state index is 5.72. The highest BCUT2D eigenvalue weighted by Gasteiger charge is 2.20. The molecule has 0 heterocycles. The van der Waals surface area contributed by atoms with E-state index < -0.39 is 0 Å². The van der Waals surface area contributed by atoms with Crippen LogP contribution in [0, 0.1) is 24.7 Å². The molecule has 1 aromatic rings. The molecule has 1 aliphatic rings. The second-order valence-corrected chi connectivity index (χ2v) is 4.76. The van der Waals surface area contributed by atoms with Crippen molar-refractivity contribution < 1.29 is 4.74 Å². The monoisotopic (exact) mass is 248 g/mol. The van der Waals surface area contributed by atoms with Crippen molar-refractivity contribution in [1.29, 1.82) is 0 Å². The van der Waals surface area contributed by atoms with Gasteiger partial charge in [-0.2, -0.15) is 0 Å². The standard InChI is InChI=1S/C15H17ClO/c1-12-11-15(17-10-8-13-4-5-13)7-6-14(12)3-2-9-16/h6-7,11,13H,4-5,8-10H2,1H3. The predicted octanol–water partition coefficient (Wildman–Crippen LogP) is 3.76. The van der Waals surface area contributed by atoms with Crippen molar-refractivity contribution in [2.75, 3.05) is 12.5 Å². The fourth-order valence-corrected chi connectivity index (χ4v) is 1.81. The van der Waals surface area contributed by atoms with Crippen LogP contribution >= 0.6 is 11.6 Å². The average molecular weight is 249 g/mol. The van der Waals surface area contributed by atoms with Gasteiger partial charge in [-0.3, -0.25) is 0 Å². The Hall–Kier alpha value is -1.13. The zero-order valence-electron chi connectivity index (χ0n) is 10.1. The van der Waals surface area contributed by atoms with Crippen LogP contribution in [0.15, 0.2) is 18.2 Å². The van der Waals surface area contributed by atoms with Gasteiger partial charge in [0.2, 0.25) is 0 Å². The summed E-state index contributed by atoms with van der Waals surface area (Å²) >= 11 is 5.54. The molecule has 0 spiro atoms. The molecule has 0 radical (unpaired) electrons. The normalized spacial score (nSPS) is 14.0. The quantitative estimate of drug-likeness (QED) is 0.582.